The van der Waals surface area contributed by atoms with Gasteiger partial charge in [-0.05, 0) is 55.0 Å². The van der Waals surface area contributed by atoms with Gasteiger partial charge in [0.05, 0.1) is 11.6 Å². The van der Waals surface area contributed by atoms with Crippen LogP contribution in [0, 0.1) is 0 Å². The Morgan fingerprint density at radius 2 is 1.77 bits per heavy atom. The summed E-state index contributed by atoms with van der Waals surface area (Å²) in [5.74, 6) is 0.718. The Labute approximate surface area is 183 Å². The van der Waals surface area contributed by atoms with Crippen LogP contribution in [0.1, 0.15) is 22.2 Å². The summed E-state index contributed by atoms with van der Waals surface area (Å²) in [5.41, 5.74) is 1.63. The molecule has 1 aromatic heterocycles. The van der Waals surface area contributed by atoms with Crippen molar-refractivity contribution in [3.63, 3.8) is 0 Å². The van der Waals surface area contributed by atoms with Gasteiger partial charge in [0.1, 0.15) is 22.1 Å². The fourth-order valence-electron chi connectivity index (χ4n) is 2.91. The maximum atomic E-state index is 12.6. The molecule has 0 N–H and O–H groups in total. The molecule has 4 rings (SSSR count). The molecule has 4 aromatic rings. The van der Waals surface area contributed by atoms with E-state index in [1.54, 1.807) is 18.3 Å². The first-order valence-electron chi connectivity index (χ1n) is 9.41. The lowest BCUT2D eigenvalue weighted by molar-refractivity contribution is 0.0740. The van der Waals surface area contributed by atoms with Crippen molar-refractivity contribution >= 4 is 50.9 Å². The van der Waals surface area contributed by atoms with E-state index in [2.05, 4.69) is 4.99 Å². The van der Waals surface area contributed by atoms with Crippen molar-refractivity contribution in [3.8, 4) is 11.5 Å². The zero-order valence-electron chi connectivity index (χ0n) is 16.2. The summed E-state index contributed by atoms with van der Waals surface area (Å²) < 4.78 is 12.0. The molecule has 1 heterocycles. The largest absolute Gasteiger partial charge is 0.492 e. The normalized spacial score (nSPS) is 11.1. The minimum absolute atomic E-state index is 0.399. The molecule has 0 amide bonds. The number of carbonyl (C=O) groups excluding carboxylic acids is 1. The lowest BCUT2D eigenvalue weighted by atomic mass is 10.2. The fourth-order valence-corrected chi connectivity index (χ4v) is 4.29. The van der Waals surface area contributed by atoms with E-state index in [0.717, 1.165) is 27.1 Å². The van der Waals surface area contributed by atoms with E-state index in [4.69, 9.17) is 21.1 Å². The predicted molar refractivity (Wildman–Crippen MR) is 123 cm³/mol. The van der Waals surface area contributed by atoms with Gasteiger partial charge < -0.3 is 9.47 Å². The number of thiophene rings is 1. The number of hydrogen-bond acceptors (Lipinski definition) is 5. The van der Waals surface area contributed by atoms with E-state index in [0.29, 0.717) is 22.3 Å². The molecule has 0 atom stereocenters. The molecule has 30 heavy (non-hydrogen) atoms. The minimum Gasteiger partial charge on any atom is -0.492 e. The molecule has 150 valence electrons. The quantitative estimate of drug-likeness (QED) is 0.187. The number of esters is 1. The van der Waals surface area contributed by atoms with E-state index in [-0.39, 0.29) is 0 Å². The Morgan fingerprint density at radius 3 is 2.53 bits per heavy atom. The van der Waals surface area contributed by atoms with E-state index < -0.39 is 5.97 Å². The average molecular weight is 436 g/mol. The molecular weight excluding hydrogens is 418 g/mol. The Hall–Kier alpha value is -3.15. The Morgan fingerprint density at radius 1 is 1.03 bits per heavy atom. The van der Waals surface area contributed by atoms with E-state index >= 15 is 0 Å². The van der Waals surface area contributed by atoms with E-state index in [9.17, 15) is 4.79 Å². The highest BCUT2D eigenvalue weighted by Gasteiger charge is 2.18. The van der Waals surface area contributed by atoms with Crippen LogP contribution in [-0.4, -0.2) is 18.8 Å². The summed E-state index contributed by atoms with van der Waals surface area (Å²) in [5, 5.41) is 1.28. The van der Waals surface area contributed by atoms with Gasteiger partial charge in [-0.3, -0.25) is 4.99 Å². The predicted octanol–water partition coefficient (Wildman–Crippen LogP) is 6.92. The van der Waals surface area contributed by atoms with Crippen molar-refractivity contribution in [2.24, 2.45) is 4.99 Å². The molecule has 0 aliphatic rings. The Balaban J connectivity index is 1.47. The van der Waals surface area contributed by atoms with Crippen LogP contribution in [0.2, 0.25) is 5.02 Å². The van der Waals surface area contributed by atoms with Gasteiger partial charge in [0.2, 0.25) is 0 Å². The smallest absolute Gasteiger partial charge is 0.355 e. The molecule has 0 bridgehead atoms. The van der Waals surface area contributed by atoms with Crippen LogP contribution < -0.4 is 9.47 Å². The lowest BCUT2D eigenvalue weighted by Gasteiger charge is -2.06. The third-order valence-electron chi connectivity index (χ3n) is 4.33. The van der Waals surface area contributed by atoms with Crippen LogP contribution in [0.4, 0.5) is 5.69 Å². The first-order chi connectivity index (χ1) is 14.7. The zero-order valence-corrected chi connectivity index (χ0v) is 17.7. The van der Waals surface area contributed by atoms with Crippen molar-refractivity contribution in [2.45, 2.75) is 6.92 Å². The summed E-state index contributed by atoms with van der Waals surface area (Å²) in [6, 6.07) is 22.4. The van der Waals surface area contributed by atoms with Crippen LogP contribution in [0.3, 0.4) is 0 Å². The molecule has 0 saturated heterocycles. The number of benzene rings is 3. The average Bonchev–Trinajstić information content (AvgIpc) is 3.11. The number of aliphatic imine (C=N–C) groups is 1. The second-order valence-corrected chi connectivity index (χ2v) is 7.79. The summed E-state index contributed by atoms with van der Waals surface area (Å²) in [6.45, 7) is 2.52. The summed E-state index contributed by atoms with van der Waals surface area (Å²) >= 11 is 7.69. The maximum Gasteiger partial charge on any atom is 0.355 e. The van der Waals surface area contributed by atoms with Crippen molar-refractivity contribution in [1.82, 2.24) is 0 Å². The Kier molecular flexibility index (Phi) is 6.12. The van der Waals surface area contributed by atoms with Crippen LogP contribution in [0.5, 0.6) is 11.5 Å². The number of carbonyl (C=O) groups is 1. The number of fused-ring (bicyclic) bond motifs is 1. The van der Waals surface area contributed by atoms with Crippen molar-refractivity contribution in [3.05, 3.63) is 88.3 Å². The molecule has 0 radical (unpaired) electrons. The third kappa shape index (κ3) is 4.37. The molecule has 0 aliphatic carbocycles. The molecule has 0 unspecified atom stereocenters. The SMILES string of the molecule is CCOc1ccccc1N=Cc1ccc(OC(=O)c2sc3ccccc3c2Cl)cc1. The topological polar surface area (TPSA) is 47.9 Å². The summed E-state index contributed by atoms with van der Waals surface area (Å²) in [6.07, 6.45) is 1.74. The highest BCUT2D eigenvalue weighted by molar-refractivity contribution is 7.21. The van der Waals surface area contributed by atoms with Crippen LogP contribution in [0.15, 0.2) is 77.8 Å². The van der Waals surface area contributed by atoms with Crippen LogP contribution >= 0.6 is 22.9 Å². The van der Waals surface area contributed by atoms with E-state index in [1.807, 2.05) is 67.6 Å². The van der Waals surface area contributed by atoms with Crippen LogP contribution in [-0.2, 0) is 0 Å². The van der Waals surface area contributed by atoms with Gasteiger partial charge in [-0.1, -0.05) is 41.9 Å². The van der Waals surface area contributed by atoms with Gasteiger partial charge in [0.15, 0.2) is 0 Å². The van der Waals surface area contributed by atoms with E-state index in [1.165, 1.54) is 11.3 Å². The van der Waals surface area contributed by atoms with Crippen molar-refractivity contribution < 1.29 is 14.3 Å². The van der Waals surface area contributed by atoms with Gasteiger partial charge in [0.25, 0.3) is 0 Å². The first kappa shape index (κ1) is 20.1. The second-order valence-electron chi connectivity index (χ2n) is 6.36. The molecular formula is C24H18ClNO3S. The fraction of sp³-hybridized carbons (Fsp3) is 0.0833. The molecule has 4 nitrogen and oxygen atoms in total. The second kappa shape index (κ2) is 9.11. The Bertz CT molecular complexity index is 1210. The molecule has 3 aromatic carbocycles. The zero-order chi connectivity index (χ0) is 20.9. The summed E-state index contributed by atoms with van der Waals surface area (Å²) in [4.78, 5) is 17.5. The third-order valence-corrected chi connectivity index (χ3v) is 5.98. The minimum atomic E-state index is -0.465. The molecule has 6 heteroatoms. The van der Waals surface area contributed by atoms with Crippen molar-refractivity contribution in [2.75, 3.05) is 6.61 Å². The highest BCUT2D eigenvalue weighted by Crippen LogP contribution is 2.35. The van der Waals surface area contributed by atoms with Crippen LogP contribution in [0.25, 0.3) is 10.1 Å². The molecule has 0 saturated carbocycles. The van der Waals surface area contributed by atoms with Gasteiger partial charge in [-0.15, -0.1) is 11.3 Å². The molecule has 0 spiro atoms. The number of hydrogen-bond donors (Lipinski definition) is 0. The summed E-state index contributed by atoms with van der Waals surface area (Å²) in [7, 11) is 0. The number of halogens is 1. The standard InChI is InChI=1S/C24H18ClNO3S/c1-2-28-20-9-5-4-8-19(20)26-15-16-11-13-17(14-12-16)29-24(27)23-22(25)18-7-3-6-10-21(18)30-23/h3-15H,2H2,1H3. The number of para-hydroxylation sites is 2. The number of nitrogens with zero attached hydrogens (tertiary/aromatic N) is 1. The number of ether oxygens (including phenoxy) is 2. The van der Waals surface area contributed by atoms with Gasteiger partial charge in [0, 0.05) is 16.3 Å². The molecule has 0 aliphatic heterocycles. The maximum absolute atomic E-state index is 12.6. The van der Waals surface area contributed by atoms with Crippen molar-refractivity contribution in [1.29, 1.82) is 0 Å². The lowest BCUT2D eigenvalue weighted by Crippen LogP contribution is -2.06. The molecule has 0 fully saturated rings. The highest BCUT2D eigenvalue weighted by atomic mass is 35.5. The first-order valence-corrected chi connectivity index (χ1v) is 10.6. The monoisotopic (exact) mass is 435 g/mol. The van der Waals surface area contributed by atoms with Gasteiger partial charge in [-0.25, -0.2) is 4.79 Å². The number of rotatable bonds is 6. The van der Waals surface area contributed by atoms with Gasteiger partial charge >= 0.3 is 5.97 Å². The van der Waals surface area contributed by atoms with Gasteiger partial charge in [-0.2, -0.15) is 0 Å².